The lowest BCUT2D eigenvalue weighted by Crippen LogP contribution is -2.46. The van der Waals surface area contributed by atoms with Crippen molar-refractivity contribution in [2.45, 2.75) is 0 Å². The van der Waals surface area contributed by atoms with Gasteiger partial charge in [0, 0.05) is 22.7 Å². The number of hydrogen-bond acceptors (Lipinski definition) is 3. The van der Waals surface area contributed by atoms with Crippen LogP contribution in [-0.2, 0) is 4.79 Å². The molecular weight excluding hydrogens is 320 g/mol. The Morgan fingerprint density at radius 1 is 0.840 bits per heavy atom. The molecule has 2 aromatic carbocycles. The van der Waals surface area contributed by atoms with Crippen LogP contribution in [0.3, 0.4) is 0 Å². The van der Waals surface area contributed by atoms with Crippen LogP contribution in [0.5, 0.6) is 0 Å². The number of aromatic amines is 1. The molecule has 3 rings (SSSR count). The van der Waals surface area contributed by atoms with E-state index in [0.29, 0.717) is 11.1 Å². The molecule has 25 heavy (non-hydrogen) atoms. The van der Waals surface area contributed by atoms with Crippen molar-refractivity contribution in [2.75, 3.05) is 6.54 Å². The third-order valence-electron chi connectivity index (χ3n) is 3.59. The number of H-pyrrole nitrogens is 1. The average Bonchev–Trinajstić information content (AvgIpc) is 3.09. The number of para-hydroxylation sites is 1. The number of carbonyl (C=O) groups is 3. The Balaban J connectivity index is 1.50. The zero-order chi connectivity index (χ0) is 17.6. The number of hydrazine groups is 1. The zero-order valence-electron chi connectivity index (χ0n) is 13.2. The monoisotopic (exact) mass is 336 g/mol. The molecule has 0 aliphatic rings. The third-order valence-corrected chi connectivity index (χ3v) is 3.59. The van der Waals surface area contributed by atoms with Gasteiger partial charge in [0.15, 0.2) is 0 Å². The number of fused-ring (bicyclic) bond motifs is 1. The van der Waals surface area contributed by atoms with Crippen molar-refractivity contribution in [1.29, 1.82) is 0 Å². The van der Waals surface area contributed by atoms with Crippen LogP contribution in [0.2, 0.25) is 0 Å². The molecule has 0 fully saturated rings. The second-order valence-corrected chi connectivity index (χ2v) is 5.30. The van der Waals surface area contributed by atoms with E-state index >= 15 is 0 Å². The summed E-state index contributed by atoms with van der Waals surface area (Å²) in [4.78, 5) is 38.7. The lowest BCUT2D eigenvalue weighted by atomic mass is 10.2. The maximum Gasteiger partial charge on any atom is 0.271 e. The van der Waals surface area contributed by atoms with Crippen molar-refractivity contribution >= 4 is 28.6 Å². The van der Waals surface area contributed by atoms with Gasteiger partial charge in [-0.25, -0.2) is 0 Å². The fourth-order valence-corrected chi connectivity index (χ4v) is 2.35. The van der Waals surface area contributed by atoms with Crippen LogP contribution in [0.25, 0.3) is 10.9 Å². The van der Waals surface area contributed by atoms with Crippen molar-refractivity contribution in [1.82, 2.24) is 21.2 Å². The summed E-state index contributed by atoms with van der Waals surface area (Å²) in [6.45, 7) is -0.248. The van der Waals surface area contributed by atoms with Gasteiger partial charge in [-0.15, -0.1) is 0 Å². The van der Waals surface area contributed by atoms with Gasteiger partial charge in [0.05, 0.1) is 12.1 Å². The molecule has 0 spiro atoms. The number of benzene rings is 2. The van der Waals surface area contributed by atoms with Gasteiger partial charge in [0.1, 0.15) is 0 Å². The van der Waals surface area contributed by atoms with Crippen LogP contribution >= 0.6 is 0 Å². The molecular formula is C18H16N4O3. The summed E-state index contributed by atoms with van der Waals surface area (Å²) in [5.41, 5.74) is 6.31. The summed E-state index contributed by atoms with van der Waals surface area (Å²) >= 11 is 0. The molecule has 3 amide bonds. The van der Waals surface area contributed by atoms with Gasteiger partial charge in [-0.05, 0) is 18.2 Å². The number of aromatic nitrogens is 1. The first-order valence-electron chi connectivity index (χ1n) is 7.63. The molecule has 1 aromatic heterocycles. The molecule has 0 aliphatic carbocycles. The molecule has 0 aliphatic heterocycles. The van der Waals surface area contributed by atoms with Crippen molar-refractivity contribution in [2.24, 2.45) is 0 Å². The number of nitrogens with one attached hydrogen (secondary N) is 4. The van der Waals surface area contributed by atoms with Gasteiger partial charge in [0.2, 0.25) is 0 Å². The second-order valence-electron chi connectivity index (χ2n) is 5.30. The van der Waals surface area contributed by atoms with Crippen molar-refractivity contribution in [3.8, 4) is 0 Å². The first kappa shape index (κ1) is 16.3. The molecule has 7 nitrogen and oxygen atoms in total. The van der Waals surface area contributed by atoms with E-state index in [1.54, 1.807) is 36.5 Å². The van der Waals surface area contributed by atoms with Crippen molar-refractivity contribution in [3.05, 3.63) is 71.9 Å². The van der Waals surface area contributed by atoms with Crippen molar-refractivity contribution < 1.29 is 14.4 Å². The maximum atomic E-state index is 12.2. The molecule has 126 valence electrons. The lowest BCUT2D eigenvalue weighted by molar-refractivity contribution is -0.120. The molecule has 3 aromatic rings. The fourth-order valence-electron chi connectivity index (χ4n) is 2.35. The average molecular weight is 336 g/mol. The number of hydrogen-bond donors (Lipinski definition) is 4. The van der Waals surface area contributed by atoms with Crippen LogP contribution in [0, 0.1) is 0 Å². The van der Waals surface area contributed by atoms with Crippen LogP contribution in [0.15, 0.2) is 60.8 Å². The van der Waals surface area contributed by atoms with Gasteiger partial charge in [0.25, 0.3) is 17.7 Å². The normalized spacial score (nSPS) is 10.2. The fraction of sp³-hybridized carbons (Fsp3) is 0.0556. The van der Waals surface area contributed by atoms with Gasteiger partial charge in [-0.2, -0.15) is 0 Å². The molecule has 1 heterocycles. The van der Waals surface area contributed by atoms with E-state index in [-0.39, 0.29) is 12.5 Å². The topological polar surface area (TPSA) is 103 Å². The Morgan fingerprint density at radius 3 is 2.36 bits per heavy atom. The van der Waals surface area contributed by atoms with E-state index in [0.717, 1.165) is 10.9 Å². The van der Waals surface area contributed by atoms with E-state index in [1.165, 1.54) is 0 Å². The van der Waals surface area contributed by atoms with Crippen LogP contribution in [0.4, 0.5) is 0 Å². The maximum absolute atomic E-state index is 12.2. The molecule has 0 bridgehead atoms. The minimum absolute atomic E-state index is 0.248. The largest absolute Gasteiger partial charge is 0.360 e. The Kier molecular flexibility index (Phi) is 4.75. The van der Waals surface area contributed by atoms with Crippen molar-refractivity contribution in [3.63, 3.8) is 0 Å². The highest BCUT2D eigenvalue weighted by Gasteiger charge is 2.13. The summed E-state index contributed by atoms with van der Waals surface area (Å²) in [6.07, 6.45) is 1.57. The number of amides is 3. The van der Waals surface area contributed by atoms with Gasteiger partial charge in [-0.1, -0.05) is 36.4 Å². The highest BCUT2D eigenvalue weighted by Crippen LogP contribution is 2.16. The molecule has 0 radical (unpaired) electrons. The quantitative estimate of drug-likeness (QED) is 0.541. The van der Waals surface area contributed by atoms with Gasteiger partial charge < -0.3 is 10.3 Å². The SMILES string of the molecule is O=C(CNC(=O)c1ccccc1)NNC(=O)c1c[nH]c2ccccc12. The van der Waals surface area contributed by atoms with E-state index in [4.69, 9.17) is 0 Å². The minimum Gasteiger partial charge on any atom is -0.360 e. The highest BCUT2D eigenvalue weighted by atomic mass is 16.2. The summed E-state index contributed by atoms with van der Waals surface area (Å²) in [6, 6.07) is 15.9. The molecule has 0 atom stereocenters. The summed E-state index contributed by atoms with van der Waals surface area (Å²) in [7, 11) is 0. The zero-order valence-corrected chi connectivity index (χ0v) is 13.2. The Hall–Kier alpha value is -3.61. The van der Waals surface area contributed by atoms with E-state index < -0.39 is 11.8 Å². The Morgan fingerprint density at radius 2 is 1.56 bits per heavy atom. The number of rotatable bonds is 4. The second kappa shape index (κ2) is 7.31. The molecule has 7 heteroatoms. The third kappa shape index (κ3) is 3.84. The first-order chi connectivity index (χ1) is 12.1. The smallest absolute Gasteiger partial charge is 0.271 e. The van der Waals surface area contributed by atoms with Gasteiger partial charge >= 0.3 is 0 Å². The van der Waals surface area contributed by atoms with Crippen LogP contribution < -0.4 is 16.2 Å². The standard InChI is InChI=1S/C18H16N4O3/c23-16(11-20-17(24)12-6-2-1-3-7-12)21-22-18(25)14-10-19-15-9-5-4-8-13(14)15/h1-10,19H,11H2,(H,20,24)(H,21,23)(H,22,25). The van der Waals surface area contributed by atoms with E-state index in [9.17, 15) is 14.4 Å². The van der Waals surface area contributed by atoms with E-state index in [2.05, 4.69) is 21.2 Å². The minimum atomic E-state index is -0.530. The predicted molar refractivity (Wildman–Crippen MR) is 92.7 cm³/mol. The van der Waals surface area contributed by atoms with Gasteiger partial charge in [-0.3, -0.25) is 25.2 Å². The Labute approximate surface area is 143 Å². The Bertz CT molecular complexity index is 918. The van der Waals surface area contributed by atoms with Crippen LogP contribution in [0.1, 0.15) is 20.7 Å². The van der Waals surface area contributed by atoms with E-state index in [1.807, 2.05) is 24.3 Å². The first-order valence-corrected chi connectivity index (χ1v) is 7.63. The highest BCUT2D eigenvalue weighted by molar-refractivity contribution is 6.07. The molecule has 0 unspecified atom stereocenters. The summed E-state index contributed by atoms with van der Waals surface area (Å²) < 4.78 is 0. The lowest BCUT2D eigenvalue weighted by Gasteiger charge is -2.08. The van der Waals surface area contributed by atoms with Crippen LogP contribution in [-0.4, -0.2) is 29.3 Å². The summed E-state index contributed by atoms with van der Waals surface area (Å²) in [5, 5.41) is 3.23. The predicted octanol–water partition coefficient (Wildman–Crippen LogP) is 1.36. The molecule has 0 saturated heterocycles. The molecule has 4 N–H and O–H groups in total. The summed E-state index contributed by atoms with van der Waals surface area (Å²) in [5.74, 6) is -1.34. The molecule has 0 saturated carbocycles. The number of carbonyl (C=O) groups excluding carboxylic acids is 3.